The van der Waals surface area contributed by atoms with E-state index < -0.39 is 0 Å². The van der Waals surface area contributed by atoms with Crippen LogP contribution in [-0.4, -0.2) is 18.2 Å². The zero-order valence-electron chi connectivity index (χ0n) is 17.3. The third kappa shape index (κ3) is 3.83. The highest BCUT2D eigenvalue weighted by Crippen LogP contribution is 2.40. The molecule has 0 spiro atoms. The van der Waals surface area contributed by atoms with Crippen molar-refractivity contribution in [3.63, 3.8) is 0 Å². The molecule has 2 heterocycles. The van der Waals surface area contributed by atoms with Crippen LogP contribution in [0.15, 0.2) is 71.8 Å². The van der Waals surface area contributed by atoms with E-state index in [2.05, 4.69) is 6.07 Å². The van der Waals surface area contributed by atoms with Crippen molar-refractivity contribution >= 4 is 51.9 Å². The molecule has 2 N–H and O–H groups in total. The first-order valence-electron chi connectivity index (χ1n) is 10.6. The molecule has 0 bridgehead atoms. The molecule has 0 aliphatic carbocycles. The van der Waals surface area contributed by atoms with Gasteiger partial charge >= 0.3 is 0 Å². The number of hydrogen-bond acceptors (Lipinski definition) is 4. The second kappa shape index (κ2) is 8.49. The van der Waals surface area contributed by atoms with Gasteiger partial charge in [-0.15, -0.1) is 0 Å². The Labute approximate surface area is 197 Å². The van der Waals surface area contributed by atoms with Crippen molar-refractivity contribution in [3.8, 4) is 0 Å². The summed E-state index contributed by atoms with van der Waals surface area (Å²) in [4.78, 5) is 15.5. The number of benzene rings is 3. The fourth-order valence-corrected chi connectivity index (χ4v) is 4.82. The molecule has 2 aliphatic heterocycles. The lowest BCUT2D eigenvalue weighted by atomic mass is 9.98. The Hall–Kier alpha value is -3.02. The van der Waals surface area contributed by atoms with Crippen molar-refractivity contribution in [2.75, 3.05) is 22.2 Å². The summed E-state index contributed by atoms with van der Waals surface area (Å²) in [5, 5.41) is 7.75. The average molecular weight is 465 g/mol. The van der Waals surface area contributed by atoms with Gasteiger partial charge in [0.15, 0.2) is 0 Å². The van der Waals surface area contributed by atoms with Crippen LogP contribution >= 0.6 is 23.2 Å². The van der Waals surface area contributed by atoms with Crippen LogP contribution in [-0.2, 0) is 11.2 Å². The maximum Gasteiger partial charge on any atom is 0.274 e. The van der Waals surface area contributed by atoms with Gasteiger partial charge in [-0.05, 0) is 60.4 Å². The molecule has 162 valence electrons. The number of nitrogen functional groups attached to an aromatic ring is 1. The third-order valence-corrected chi connectivity index (χ3v) is 6.54. The number of hydrogen-bond donors (Lipinski definition) is 1. The van der Waals surface area contributed by atoms with Gasteiger partial charge in [0.25, 0.3) is 5.91 Å². The summed E-state index contributed by atoms with van der Waals surface area (Å²) >= 11 is 12.6. The number of carbonyl (C=O) groups excluding carboxylic acids is 1. The van der Waals surface area contributed by atoms with Crippen LogP contribution in [0.4, 0.5) is 17.1 Å². The third-order valence-electron chi connectivity index (χ3n) is 5.99. The second-order valence-electron chi connectivity index (χ2n) is 8.06. The minimum Gasteiger partial charge on any atom is -0.399 e. The van der Waals surface area contributed by atoms with Crippen molar-refractivity contribution in [1.29, 1.82) is 0 Å². The lowest BCUT2D eigenvalue weighted by Gasteiger charge is -2.29. The van der Waals surface area contributed by atoms with Crippen LogP contribution in [0, 0.1) is 0 Å². The van der Waals surface area contributed by atoms with Gasteiger partial charge < -0.3 is 10.6 Å². The molecule has 1 unspecified atom stereocenters. The quantitative estimate of drug-likeness (QED) is 0.493. The summed E-state index contributed by atoms with van der Waals surface area (Å²) in [5.41, 5.74) is 10.9. The van der Waals surface area contributed by atoms with Crippen LogP contribution in [0.3, 0.4) is 0 Å². The predicted octanol–water partition coefficient (Wildman–Crippen LogP) is 5.86. The standard InChI is InChI=1S/C25H22Cl2N4O/c26-18-9-7-17(8-10-18)24-15-21(29-31(24)23-12-11-19(28)14-20(23)27)25(32)30-13-3-5-16-4-1-2-6-22(16)30/h1-2,4,6-12,14,24H,3,5,13,15,28H2. The molecule has 0 saturated carbocycles. The minimum absolute atomic E-state index is 0.0646. The summed E-state index contributed by atoms with van der Waals surface area (Å²) in [7, 11) is 0. The van der Waals surface area contributed by atoms with Gasteiger partial charge in [0.2, 0.25) is 0 Å². The first-order chi connectivity index (χ1) is 15.5. The van der Waals surface area contributed by atoms with Gasteiger partial charge in [-0.1, -0.05) is 53.5 Å². The monoisotopic (exact) mass is 464 g/mol. The number of nitrogens with two attached hydrogens (primary N) is 1. The Kier molecular flexibility index (Phi) is 5.53. The Morgan fingerprint density at radius 3 is 2.56 bits per heavy atom. The number of amides is 1. The zero-order valence-corrected chi connectivity index (χ0v) is 18.9. The van der Waals surface area contributed by atoms with E-state index in [1.807, 2.05) is 58.4 Å². The maximum atomic E-state index is 13.6. The molecular weight excluding hydrogens is 443 g/mol. The zero-order chi connectivity index (χ0) is 22.2. The van der Waals surface area contributed by atoms with E-state index in [1.54, 1.807) is 12.1 Å². The largest absolute Gasteiger partial charge is 0.399 e. The summed E-state index contributed by atoms with van der Waals surface area (Å²) in [6, 6.07) is 20.9. The second-order valence-corrected chi connectivity index (χ2v) is 8.91. The van der Waals surface area contributed by atoms with E-state index in [0.717, 1.165) is 24.1 Å². The molecule has 2 aliphatic rings. The topological polar surface area (TPSA) is 61.9 Å². The summed E-state index contributed by atoms with van der Waals surface area (Å²) in [5.74, 6) is -0.0646. The number of carbonyl (C=O) groups is 1. The molecule has 7 heteroatoms. The maximum absolute atomic E-state index is 13.6. The number of halogens is 2. The molecule has 3 aromatic carbocycles. The Balaban J connectivity index is 1.53. The number of fused-ring (bicyclic) bond motifs is 1. The van der Waals surface area contributed by atoms with Crippen LogP contribution in [0.2, 0.25) is 10.0 Å². The van der Waals surface area contributed by atoms with E-state index in [1.165, 1.54) is 5.56 Å². The Bertz CT molecular complexity index is 1210. The fourth-order valence-electron chi connectivity index (χ4n) is 4.42. The predicted molar refractivity (Wildman–Crippen MR) is 132 cm³/mol. The Morgan fingerprint density at radius 1 is 1.00 bits per heavy atom. The molecule has 3 aromatic rings. The first-order valence-corrected chi connectivity index (χ1v) is 11.3. The molecule has 5 rings (SSSR count). The number of nitrogens with zero attached hydrogens (tertiary/aromatic N) is 3. The molecule has 32 heavy (non-hydrogen) atoms. The molecule has 0 fully saturated rings. The average Bonchev–Trinajstić information content (AvgIpc) is 3.24. The van der Waals surface area contributed by atoms with Gasteiger partial charge in [0, 0.05) is 29.4 Å². The van der Waals surface area contributed by atoms with E-state index in [0.29, 0.717) is 40.1 Å². The molecule has 0 radical (unpaired) electrons. The van der Waals surface area contributed by atoms with Gasteiger partial charge in [-0.25, -0.2) is 0 Å². The number of rotatable bonds is 3. The van der Waals surface area contributed by atoms with Crippen molar-refractivity contribution in [3.05, 3.63) is 87.9 Å². The van der Waals surface area contributed by atoms with Crippen molar-refractivity contribution < 1.29 is 4.79 Å². The number of para-hydroxylation sites is 1. The molecule has 0 saturated heterocycles. The number of anilines is 3. The first kappa shape index (κ1) is 20.9. The van der Waals surface area contributed by atoms with Crippen LogP contribution in [0.25, 0.3) is 0 Å². The number of hydrazone groups is 1. The molecule has 5 nitrogen and oxygen atoms in total. The van der Waals surface area contributed by atoms with Crippen molar-refractivity contribution in [2.45, 2.75) is 25.3 Å². The highest BCUT2D eigenvalue weighted by molar-refractivity contribution is 6.44. The lowest BCUT2D eigenvalue weighted by molar-refractivity contribution is -0.112. The van der Waals surface area contributed by atoms with Crippen molar-refractivity contribution in [2.24, 2.45) is 5.10 Å². The molecule has 0 aromatic heterocycles. The van der Waals surface area contributed by atoms with Gasteiger partial charge in [-0.2, -0.15) is 5.10 Å². The normalized spacial score (nSPS) is 17.8. The van der Waals surface area contributed by atoms with Gasteiger partial charge in [0.05, 0.1) is 16.8 Å². The van der Waals surface area contributed by atoms with Crippen molar-refractivity contribution in [1.82, 2.24) is 0 Å². The van der Waals surface area contributed by atoms with Crippen LogP contribution < -0.4 is 15.6 Å². The summed E-state index contributed by atoms with van der Waals surface area (Å²) in [6.45, 7) is 0.684. The van der Waals surface area contributed by atoms with Crippen LogP contribution in [0.1, 0.15) is 30.0 Å². The van der Waals surface area contributed by atoms with Gasteiger partial charge in [-0.3, -0.25) is 9.80 Å². The highest BCUT2D eigenvalue weighted by atomic mass is 35.5. The lowest BCUT2D eigenvalue weighted by Crippen LogP contribution is -2.39. The van der Waals surface area contributed by atoms with Gasteiger partial charge in [0.1, 0.15) is 5.71 Å². The van der Waals surface area contributed by atoms with E-state index in [4.69, 9.17) is 34.0 Å². The van der Waals surface area contributed by atoms with E-state index >= 15 is 0 Å². The fraction of sp³-hybridized carbons (Fsp3) is 0.200. The molecule has 1 amide bonds. The van der Waals surface area contributed by atoms with E-state index in [9.17, 15) is 4.79 Å². The smallest absolute Gasteiger partial charge is 0.274 e. The molecular formula is C25H22Cl2N4O. The minimum atomic E-state index is -0.174. The highest BCUT2D eigenvalue weighted by Gasteiger charge is 2.36. The molecule has 1 atom stereocenters. The SMILES string of the molecule is Nc1ccc(N2N=C(C(=O)N3CCCc4ccccc43)CC2c2ccc(Cl)cc2)c(Cl)c1. The van der Waals surface area contributed by atoms with Crippen LogP contribution in [0.5, 0.6) is 0 Å². The summed E-state index contributed by atoms with van der Waals surface area (Å²) in [6.07, 6.45) is 2.39. The summed E-state index contributed by atoms with van der Waals surface area (Å²) < 4.78 is 0. The number of aryl methyl sites for hydroxylation is 1. The Morgan fingerprint density at radius 2 is 1.78 bits per heavy atom. The van der Waals surface area contributed by atoms with E-state index in [-0.39, 0.29) is 11.9 Å².